The van der Waals surface area contributed by atoms with Gasteiger partial charge in [0.25, 0.3) is 0 Å². The molecule has 0 saturated carbocycles. The van der Waals surface area contributed by atoms with E-state index in [9.17, 15) is 5.11 Å². The number of hydrogen-bond acceptors (Lipinski definition) is 4. The first-order valence-electron chi connectivity index (χ1n) is 10.7. The number of aryl methyl sites for hydroxylation is 1. The normalized spacial score (nSPS) is 16.4. The molecule has 1 aromatic carbocycles. The molecule has 1 aliphatic rings. The van der Waals surface area contributed by atoms with Gasteiger partial charge in [-0.1, -0.05) is 25.6 Å². The van der Waals surface area contributed by atoms with Crippen LogP contribution in [0.4, 0.5) is 0 Å². The molecule has 30 heavy (non-hydrogen) atoms. The van der Waals surface area contributed by atoms with E-state index < -0.39 is 8.07 Å². The van der Waals surface area contributed by atoms with Gasteiger partial charge in [-0.3, -0.25) is 0 Å². The van der Waals surface area contributed by atoms with Crippen LogP contribution < -0.4 is 4.74 Å². The SMILES string of the molecule is CC(C)(C)C#Cc1cn(COCC[Si](C)(C)C)c(C2CCc3cc(O)ccc3O2)n1. The van der Waals surface area contributed by atoms with E-state index in [0.29, 0.717) is 6.73 Å². The molecule has 1 unspecified atom stereocenters. The molecule has 162 valence electrons. The lowest BCUT2D eigenvalue weighted by Gasteiger charge is -2.26. The summed E-state index contributed by atoms with van der Waals surface area (Å²) in [5.74, 6) is 8.39. The van der Waals surface area contributed by atoms with Crippen LogP contribution in [-0.4, -0.2) is 29.3 Å². The summed E-state index contributed by atoms with van der Waals surface area (Å²) in [7, 11) is -1.13. The quantitative estimate of drug-likeness (QED) is 0.383. The highest BCUT2D eigenvalue weighted by Gasteiger charge is 2.26. The number of rotatable bonds is 6. The second-order valence-electron chi connectivity index (χ2n) is 10.2. The van der Waals surface area contributed by atoms with Gasteiger partial charge < -0.3 is 19.1 Å². The Morgan fingerprint density at radius 2 is 2.07 bits per heavy atom. The van der Waals surface area contributed by atoms with E-state index in [4.69, 9.17) is 14.5 Å². The molecule has 0 amide bonds. The Hall–Kier alpha value is -2.23. The highest BCUT2D eigenvalue weighted by molar-refractivity contribution is 6.76. The van der Waals surface area contributed by atoms with Crippen LogP contribution in [0.5, 0.6) is 11.5 Å². The van der Waals surface area contributed by atoms with Gasteiger partial charge in [0.15, 0.2) is 11.9 Å². The Labute approximate surface area is 181 Å². The monoisotopic (exact) mass is 426 g/mol. The van der Waals surface area contributed by atoms with Gasteiger partial charge in [0.2, 0.25) is 0 Å². The Kier molecular flexibility index (Phi) is 6.64. The number of phenolic OH excluding ortho intramolecular Hbond substituents is 1. The molecule has 0 bridgehead atoms. The molecule has 5 nitrogen and oxygen atoms in total. The van der Waals surface area contributed by atoms with Crippen LogP contribution in [0.2, 0.25) is 25.7 Å². The Bertz CT molecular complexity index is 942. The number of ether oxygens (including phenoxy) is 2. The fraction of sp³-hybridized carbons (Fsp3) is 0.542. The summed E-state index contributed by atoms with van der Waals surface area (Å²) in [4.78, 5) is 4.80. The Morgan fingerprint density at radius 1 is 1.30 bits per heavy atom. The van der Waals surface area contributed by atoms with Crippen molar-refractivity contribution >= 4 is 8.07 Å². The molecule has 0 fully saturated rings. The van der Waals surface area contributed by atoms with E-state index >= 15 is 0 Å². The lowest BCUT2D eigenvalue weighted by atomic mass is 9.98. The summed E-state index contributed by atoms with van der Waals surface area (Å²) in [6.07, 6.45) is 3.45. The molecule has 0 saturated heterocycles. The molecule has 1 N–H and O–H groups in total. The lowest BCUT2D eigenvalue weighted by molar-refractivity contribution is 0.0754. The average Bonchev–Trinajstić information content (AvgIpc) is 3.05. The summed E-state index contributed by atoms with van der Waals surface area (Å²) in [5.41, 5.74) is 1.69. The van der Waals surface area contributed by atoms with E-state index in [1.54, 1.807) is 12.1 Å². The van der Waals surface area contributed by atoms with Crippen LogP contribution in [-0.2, 0) is 17.9 Å². The minimum absolute atomic E-state index is 0.0833. The number of imidazole rings is 1. The summed E-state index contributed by atoms with van der Waals surface area (Å²) >= 11 is 0. The van der Waals surface area contributed by atoms with Crippen molar-refractivity contribution in [1.82, 2.24) is 9.55 Å². The van der Waals surface area contributed by atoms with Gasteiger partial charge in [0, 0.05) is 26.3 Å². The van der Waals surface area contributed by atoms with Crippen molar-refractivity contribution in [3.63, 3.8) is 0 Å². The highest BCUT2D eigenvalue weighted by atomic mass is 28.3. The number of phenols is 1. The van der Waals surface area contributed by atoms with Crippen LogP contribution in [0.25, 0.3) is 0 Å². The van der Waals surface area contributed by atoms with Gasteiger partial charge >= 0.3 is 0 Å². The molecule has 6 heteroatoms. The number of hydrogen-bond donors (Lipinski definition) is 1. The van der Waals surface area contributed by atoms with Crippen LogP contribution in [0, 0.1) is 17.3 Å². The molecule has 3 rings (SSSR count). The van der Waals surface area contributed by atoms with Gasteiger partial charge in [0.05, 0.1) is 0 Å². The Balaban J connectivity index is 1.81. The van der Waals surface area contributed by atoms with Crippen molar-refractivity contribution in [2.75, 3.05) is 6.61 Å². The zero-order chi connectivity index (χ0) is 21.9. The molecular formula is C24H34N2O3Si. The zero-order valence-electron chi connectivity index (χ0n) is 19.1. The minimum Gasteiger partial charge on any atom is -0.508 e. The largest absolute Gasteiger partial charge is 0.508 e. The van der Waals surface area contributed by atoms with E-state index in [-0.39, 0.29) is 17.3 Å². The second-order valence-corrected chi connectivity index (χ2v) is 15.9. The Morgan fingerprint density at radius 3 is 2.77 bits per heavy atom. The fourth-order valence-electron chi connectivity index (χ4n) is 3.20. The first-order valence-corrected chi connectivity index (χ1v) is 14.4. The first kappa shape index (κ1) is 22.5. The maximum absolute atomic E-state index is 9.72. The van der Waals surface area contributed by atoms with Crippen LogP contribution in [0.1, 0.15) is 50.4 Å². The van der Waals surface area contributed by atoms with Crippen LogP contribution >= 0.6 is 0 Å². The molecule has 1 aliphatic heterocycles. The smallest absolute Gasteiger partial charge is 0.157 e. The third-order valence-corrected chi connectivity index (χ3v) is 6.58. The third-order valence-electron chi connectivity index (χ3n) is 4.88. The molecule has 1 aromatic heterocycles. The van der Waals surface area contributed by atoms with Gasteiger partial charge in [0.1, 0.15) is 23.9 Å². The standard InChI is InChI=1S/C24H34N2O3Si/c1-24(2,3)12-11-19-16-26(17-28-13-14-30(4,5)6)23(25-19)22-9-7-18-15-20(27)8-10-21(18)29-22/h8,10,15-16,22,27H,7,9,13-14,17H2,1-6H3. The van der Waals surface area contributed by atoms with Gasteiger partial charge in [-0.25, -0.2) is 4.98 Å². The zero-order valence-corrected chi connectivity index (χ0v) is 20.1. The van der Waals surface area contributed by atoms with Gasteiger partial charge in [-0.05, 0) is 69.3 Å². The summed E-state index contributed by atoms with van der Waals surface area (Å²) in [5, 5.41) is 9.72. The molecule has 2 heterocycles. The maximum Gasteiger partial charge on any atom is 0.157 e. The van der Waals surface area contributed by atoms with Crippen LogP contribution in [0.3, 0.4) is 0 Å². The molecule has 0 spiro atoms. The summed E-state index contributed by atoms with van der Waals surface area (Å²) in [6, 6.07) is 6.39. The molecular weight excluding hydrogens is 392 g/mol. The predicted molar refractivity (Wildman–Crippen MR) is 122 cm³/mol. The molecule has 2 aromatic rings. The van der Waals surface area contributed by atoms with Crippen molar-refractivity contribution in [2.45, 2.75) is 72.1 Å². The van der Waals surface area contributed by atoms with Crippen molar-refractivity contribution in [3.05, 3.63) is 41.5 Å². The maximum atomic E-state index is 9.72. The van der Waals surface area contributed by atoms with E-state index in [0.717, 1.165) is 48.3 Å². The van der Waals surface area contributed by atoms with Crippen molar-refractivity contribution in [1.29, 1.82) is 0 Å². The number of fused-ring (bicyclic) bond motifs is 1. The predicted octanol–water partition coefficient (Wildman–Crippen LogP) is 5.36. The topological polar surface area (TPSA) is 56.5 Å². The molecule has 1 atom stereocenters. The van der Waals surface area contributed by atoms with Crippen molar-refractivity contribution < 1.29 is 14.6 Å². The number of aromatic hydroxyl groups is 1. The summed E-state index contributed by atoms with van der Waals surface area (Å²) in [6.45, 7) is 14.5. The first-order chi connectivity index (χ1) is 14.0. The van der Waals surface area contributed by atoms with E-state index in [1.165, 1.54) is 0 Å². The summed E-state index contributed by atoms with van der Waals surface area (Å²) < 4.78 is 14.3. The molecule has 0 aliphatic carbocycles. The van der Waals surface area contributed by atoms with Gasteiger partial charge in [-0.15, -0.1) is 0 Å². The second kappa shape index (κ2) is 8.87. The van der Waals surface area contributed by atoms with Crippen molar-refractivity contribution in [2.24, 2.45) is 5.41 Å². The molecule has 0 radical (unpaired) electrons. The van der Waals surface area contributed by atoms with E-state index in [1.807, 2.05) is 16.8 Å². The lowest BCUT2D eigenvalue weighted by Crippen LogP contribution is -2.23. The van der Waals surface area contributed by atoms with E-state index in [2.05, 4.69) is 52.3 Å². The fourth-order valence-corrected chi connectivity index (χ4v) is 3.96. The number of nitrogens with zero attached hydrogens (tertiary/aromatic N) is 2. The highest BCUT2D eigenvalue weighted by Crippen LogP contribution is 2.36. The number of aromatic nitrogens is 2. The van der Waals surface area contributed by atoms with Gasteiger partial charge in [-0.2, -0.15) is 0 Å². The number of benzene rings is 1. The minimum atomic E-state index is -1.13. The average molecular weight is 427 g/mol. The van der Waals surface area contributed by atoms with Crippen molar-refractivity contribution in [3.8, 4) is 23.3 Å². The third kappa shape index (κ3) is 6.38. The van der Waals surface area contributed by atoms with Crippen LogP contribution in [0.15, 0.2) is 24.4 Å².